The monoisotopic (exact) mass is 440 g/mol. The quantitative estimate of drug-likeness (QED) is 0.642. The number of halogens is 1. The molecule has 0 saturated heterocycles. The van der Waals surface area contributed by atoms with Crippen molar-refractivity contribution in [1.29, 1.82) is 0 Å². The number of anilines is 1. The van der Waals surface area contributed by atoms with Crippen molar-refractivity contribution < 1.29 is 13.2 Å². The van der Waals surface area contributed by atoms with Crippen LogP contribution in [0, 0.1) is 6.92 Å². The molecule has 7 heteroatoms. The summed E-state index contributed by atoms with van der Waals surface area (Å²) in [4.78, 5) is 14.7. The third kappa shape index (κ3) is 4.12. The maximum Gasteiger partial charge on any atom is 0.258 e. The van der Waals surface area contributed by atoms with E-state index in [0.717, 1.165) is 28.8 Å². The molecule has 30 heavy (non-hydrogen) atoms. The van der Waals surface area contributed by atoms with Gasteiger partial charge in [-0.25, -0.2) is 13.1 Å². The minimum Gasteiger partial charge on any atom is -0.308 e. The molecule has 0 spiro atoms. The first kappa shape index (κ1) is 20.6. The molecule has 1 aliphatic heterocycles. The Hall–Kier alpha value is -2.67. The van der Waals surface area contributed by atoms with Gasteiger partial charge in [0, 0.05) is 24.3 Å². The van der Waals surface area contributed by atoms with Gasteiger partial charge in [-0.05, 0) is 54.8 Å². The molecular weight excluding hydrogens is 420 g/mol. The molecule has 3 aromatic rings. The third-order valence-corrected chi connectivity index (χ3v) is 7.08. The predicted molar refractivity (Wildman–Crippen MR) is 118 cm³/mol. The number of hydrogen-bond donors (Lipinski definition) is 1. The van der Waals surface area contributed by atoms with E-state index < -0.39 is 10.0 Å². The lowest BCUT2D eigenvalue weighted by molar-refractivity contribution is 0.0989. The standard InChI is InChI=1S/C23H21ClN2O3S/c1-16-6-9-18(10-7-16)23(27)26-13-12-19-14-17(8-11-21(19)26)15-25-30(28,29)22-5-3-2-4-20(22)24/h2-11,14,25H,12-13,15H2,1H3. The van der Waals surface area contributed by atoms with Crippen molar-refractivity contribution in [3.63, 3.8) is 0 Å². The lowest BCUT2D eigenvalue weighted by Crippen LogP contribution is -2.28. The first-order chi connectivity index (χ1) is 14.3. The van der Waals surface area contributed by atoms with Crippen LogP contribution in [0.25, 0.3) is 0 Å². The average molecular weight is 441 g/mol. The summed E-state index contributed by atoms with van der Waals surface area (Å²) in [5.41, 5.74) is 4.50. The van der Waals surface area contributed by atoms with Crippen LogP contribution in [0.3, 0.4) is 0 Å². The van der Waals surface area contributed by atoms with Gasteiger partial charge < -0.3 is 4.90 Å². The van der Waals surface area contributed by atoms with E-state index in [1.54, 1.807) is 23.1 Å². The first-order valence-electron chi connectivity index (χ1n) is 9.60. The molecule has 5 nitrogen and oxygen atoms in total. The topological polar surface area (TPSA) is 66.5 Å². The second kappa shape index (κ2) is 8.22. The van der Waals surface area contributed by atoms with Gasteiger partial charge in [0.1, 0.15) is 4.90 Å². The molecule has 1 aliphatic rings. The zero-order valence-electron chi connectivity index (χ0n) is 16.4. The molecule has 1 N–H and O–H groups in total. The van der Waals surface area contributed by atoms with Gasteiger partial charge in [-0.2, -0.15) is 0 Å². The van der Waals surface area contributed by atoms with Gasteiger partial charge in [0.15, 0.2) is 0 Å². The van der Waals surface area contributed by atoms with Crippen LogP contribution < -0.4 is 9.62 Å². The number of rotatable bonds is 5. The average Bonchev–Trinajstić information content (AvgIpc) is 3.16. The number of sulfonamides is 1. The number of hydrogen-bond acceptors (Lipinski definition) is 3. The predicted octanol–water partition coefficient (Wildman–Crippen LogP) is 4.33. The Morgan fingerprint density at radius 2 is 1.80 bits per heavy atom. The number of nitrogens with zero attached hydrogens (tertiary/aromatic N) is 1. The van der Waals surface area contributed by atoms with E-state index in [-0.39, 0.29) is 22.4 Å². The lowest BCUT2D eigenvalue weighted by Gasteiger charge is -2.18. The Bertz CT molecular complexity index is 1210. The van der Waals surface area contributed by atoms with Crippen LogP contribution in [-0.2, 0) is 23.0 Å². The number of amides is 1. The van der Waals surface area contributed by atoms with Crippen LogP contribution in [0.1, 0.15) is 27.0 Å². The number of carbonyl (C=O) groups excluding carboxylic acids is 1. The summed E-state index contributed by atoms with van der Waals surface area (Å²) in [7, 11) is -3.71. The SMILES string of the molecule is Cc1ccc(C(=O)N2CCc3cc(CNS(=O)(=O)c4ccccc4Cl)ccc32)cc1. The molecule has 0 atom stereocenters. The van der Waals surface area contributed by atoms with Gasteiger partial charge >= 0.3 is 0 Å². The van der Waals surface area contributed by atoms with Crippen LogP contribution in [0.15, 0.2) is 71.6 Å². The van der Waals surface area contributed by atoms with E-state index >= 15 is 0 Å². The van der Waals surface area contributed by atoms with Crippen LogP contribution in [0.4, 0.5) is 5.69 Å². The lowest BCUT2D eigenvalue weighted by atomic mass is 10.1. The van der Waals surface area contributed by atoms with Crippen LogP contribution in [0.2, 0.25) is 5.02 Å². The van der Waals surface area contributed by atoms with E-state index in [0.29, 0.717) is 12.1 Å². The first-order valence-corrected chi connectivity index (χ1v) is 11.5. The molecule has 0 radical (unpaired) electrons. The molecule has 0 aliphatic carbocycles. The molecule has 1 amide bonds. The van der Waals surface area contributed by atoms with Crippen LogP contribution in [0.5, 0.6) is 0 Å². The van der Waals surface area contributed by atoms with Crippen molar-refractivity contribution in [1.82, 2.24) is 4.72 Å². The molecule has 0 unspecified atom stereocenters. The van der Waals surface area contributed by atoms with Crippen molar-refractivity contribution >= 4 is 33.2 Å². The van der Waals surface area contributed by atoms with Gasteiger partial charge in [0.25, 0.3) is 5.91 Å². The summed E-state index contributed by atoms with van der Waals surface area (Å²) < 4.78 is 27.7. The van der Waals surface area contributed by atoms with Crippen molar-refractivity contribution in [2.24, 2.45) is 0 Å². The smallest absolute Gasteiger partial charge is 0.258 e. The highest BCUT2D eigenvalue weighted by Crippen LogP contribution is 2.30. The summed E-state index contributed by atoms with van der Waals surface area (Å²) in [6.07, 6.45) is 0.734. The minimum absolute atomic E-state index is 0.0269. The van der Waals surface area contributed by atoms with Gasteiger partial charge in [-0.1, -0.05) is 53.6 Å². The Balaban J connectivity index is 1.49. The Kier molecular flexibility index (Phi) is 5.64. The molecule has 4 rings (SSSR count). The molecular formula is C23H21ClN2O3S. The minimum atomic E-state index is -3.71. The fourth-order valence-corrected chi connectivity index (χ4v) is 5.08. The Morgan fingerprint density at radius 1 is 1.07 bits per heavy atom. The number of fused-ring (bicyclic) bond motifs is 1. The molecule has 0 fully saturated rings. The number of carbonyl (C=O) groups is 1. The highest BCUT2D eigenvalue weighted by Gasteiger charge is 2.26. The molecule has 154 valence electrons. The highest BCUT2D eigenvalue weighted by molar-refractivity contribution is 7.89. The maximum atomic E-state index is 12.9. The Labute approximate surface area is 181 Å². The second-order valence-corrected chi connectivity index (χ2v) is 9.43. The second-order valence-electron chi connectivity index (χ2n) is 7.29. The fourth-order valence-electron chi connectivity index (χ4n) is 3.55. The summed E-state index contributed by atoms with van der Waals surface area (Å²) in [5, 5.41) is 0.184. The summed E-state index contributed by atoms with van der Waals surface area (Å²) >= 11 is 6.02. The largest absolute Gasteiger partial charge is 0.308 e. The van der Waals surface area contributed by atoms with Crippen molar-refractivity contribution in [2.45, 2.75) is 24.8 Å². The summed E-state index contributed by atoms with van der Waals surface area (Å²) in [5.74, 6) is -0.0269. The van der Waals surface area contributed by atoms with E-state index in [2.05, 4.69) is 4.72 Å². The van der Waals surface area contributed by atoms with Crippen LogP contribution in [-0.4, -0.2) is 20.9 Å². The maximum absolute atomic E-state index is 12.9. The molecule has 0 saturated carbocycles. The van der Waals surface area contributed by atoms with Gasteiger partial charge in [-0.3, -0.25) is 4.79 Å². The summed E-state index contributed by atoms with van der Waals surface area (Å²) in [6, 6.07) is 19.6. The number of aryl methyl sites for hydroxylation is 1. The fraction of sp³-hybridized carbons (Fsp3) is 0.174. The van der Waals surface area contributed by atoms with E-state index in [4.69, 9.17) is 11.6 Å². The number of nitrogens with one attached hydrogen (secondary N) is 1. The van der Waals surface area contributed by atoms with Gasteiger partial charge in [0.05, 0.1) is 5.02 Å². The van der Waals surface area contributed by atoms with Crippen molar-refractivity contribution in [3.05, 3.63) is 94.0 Å². The van der Waals surface area contributed by atoms with E-state index in [1.165, 1.54) is 6.07 Å². The molecule has 1 heterocycles. The van der Waals surface area contributed by atoms with Crippen LogP contribution >= 0.6 is 11.6 Å². The normalized spacial score (nSPS) is 13.3. The van der Waals surface area contributed by atoms with Crippen molar-refractivity contribution in [3.8, 4) is 0 Å². The molecule has 0 aromatic heterocycles. The molecule has 0 bridgehead atoms. The van der Waals surface area contributed by atoms with Crippen molar-refractivity contribution in [2.75, 3.05) is 11.4 Å². The number of benzene rings is 3. The molecule has 3 aromatic carbocycles. The van der Waals surface area contributed by atoms with E-state index in [9.17, 15) is 13.2 Å². The zero-order chi connectivity index (χ0) is 21.3. The zero-order valence-corrected chi connectivity index (χ0v) is 18.0. The van der Waals surface area contributed by atoms with Gasteiger partial charge in [-0.15, -0.1) is 0 Å². The third-order valence-electron chi connectivity index (χ3n) is 5.18. The van der Waals surface area contributed by atoms with Gasteiger partial charge in [0.2, 0.25) is 10.0 Å². The highest BCUT2D eigenvalue weighted by atomic mass is 35.5. The Morgan fingerprint density at radius 3 is 2.53 bits per heavy atom. The van der Waals surface area contributed by atoms with E-state index in [1.807, 2.05) is 49.4 Å². The summed E-state index contributed by atoms with van der Waals surface area (Å²) in [6.45, 7) is 2.74.